The number of rotatable bonds is 4. The smallest absolute Gasteiger partial charge is 0.231 e. The molecule has 0 saturated carbocycles. The van der Waals surface area contributed by atoms with E-state index in [1.54, 1.807) is 14.2 Å². The Morgan fingerprint density at radius 2 is 1.92 bits per heavy atom. The zero-order valence-electron chi connectivity index (χ0n) is 13.8. The van der Waals surface area contributed by atoms with Gasteiger partial charge in [-0.25, -0.2) is 0 Å². The number of benzene rings is 2. The SMILES string of the molecule is COc1ccc(CC(=O)N2CCCc3cc(Br)ccc32)cc1OC. The van der Waals surface area contributed by atoms with Crippen LogP contribution in [0.15, 0.2) is 40.9 Å². The first-order chi connectivity index (χ1) is 11.6. The second-order valence-corrected chi connectivity index (χ2v) is 6.70. The van der Waals surface area contributed by atoms with Gasteiger partial charge in [-0.3, -0.25) is 4.79 Å². The first-order valence-electron chi connectivity index (χ1n) is 7.92. The molecular formula is C19H20BrNO3. The molecule has 1 aliphatic rings. The largest absolute Gasteiger partial charge is 0.493 e. The number of halogens is 1. The third-order valence-electron chi connectivity index (χ3n) is 4.26. The van der Waals surface area contributed by atoms with Crippen LogP contribution in [-0.2, 0) is 17.6 Å². The fourth-order valence-electron chi connectivity index (χ4n) is 3.09. The van der Waals surface area contributed by atoms with Crippen molar-refractivity contribution in [3.8, 4) is 11.5 Å². The van der Waals surface area contributed by atoms with Gasteiger partial charge in [0.1, 0.15) is 0 Å². The first-order valence-corrected chi connectivity index (χ1v) is 8.71. The molecule has 0 unspecified atom stereocenters. The maximum absolute atomic E-state index is 12.8. The van der Waals surface area contributed by atoms with Crippen LogP contribution in [0, 0.1) is 0 Å². The molecule has 0 N–H and O–H groups in total. The molecule has 24 heavy (non-hydrogen) atoms. The molecule has 0 aromatic heterocycles. The van der Waals surface area contributed by atoms with E-state index in [0.29, 0.717) is 17.9 Å². The second kappa shape index (κ2) is 7.26. The Hall–Kier alpha value is -2.01. The van der Waals surface area contributed by atoms with Crippen molar-refractivity contribution >= 4 is 27.5 Å². The number of carbonyl (C=O) groups is 1. The molecule has 1 heterocycles. The summed E-state index contributed by atoms with van der Waals surface area (Å²) in [7, 11) is 3.20. The molecule has 5 heteroatoms. The second-order valence-electron chi connectivity index (χ2n) is 5.79. The molecule has 1 aliphatic heterocycles. The van der Waals surface area contributed by atoms with Gasteiger partial charge in [0.15, 0.2) is 11.5 Å². The van der Waals surface area contributed by atoms with E-state index in [1.165, 1.54) is 5.56 Å². The molecule has 3 rings (SSSR count). The van der Waals surface area contributed by atoms with E-state index in [-0.39, 0.29) is 5.91 Å². The van der Waals surface area contributed by atoms with E-state index in [2.05, 4.69) is 22.0 Å². The summed E-state index contributed by atoms with van der Waals surface area (Å²) in [5.41, 5.74) is 3.16. The summed E-state index contributed by atoms with van der Waals surface area (Å²) in [6.07, 6.45) is 2.34. The maximum atomic E-state index is 12.8. The van der Waals surface area contributed by atoms with Crippen LogP contribution < -0.4 is 14.4 Å². The fourth-order valence-corrected chi connectivity index (χ4v) is 3.49. The standard InChI is InChI=1S/C19H20BrNO3/c1-23-17-8-5-13(10-18(17)24-2)11-19(22)21-9-3-4-14-12-15(20)6-7-16(14)21/h5-8,10,12H,3-4,9,11H2,1-2H3. The molecule has 2 aromatic carbocycles. The van der Waals surface area contributed by atoms with Crippen molar-refractivity contribution in [2.24, 2.45) is 0 Å². The number of hydrogen-bond donors (Lipinski definition) is 0. The van der Waals surface area contributed by atoms with Gasteiger partial charge in [-0.1, -0.05) is 22.0 Å². The molecule has 0 aliphatic carbocycles. The summed E-state index contributed by atoms with van der Waals surface area (Å²) in [4.78, 5) is 14.7. The van der Waals surface area contributed by atoms with Crippen LogP contribution in [0.5, 0.6) is 11.5 Å². The van der Waals surface area contributed by atoms with Crippen molar-refractivity contribution in [2.45, 2.75) is 19.3 Å². The average molecular weight is 390 g/mol. The van der Waals surface area contributed by atoms with E-state index in [4.69, 9.17) is 9.47 Å². The highest BCUT2D eigenvalue weighted by molar-refractivity contribution is 9.10. The number of anilines is 1. The van der Waals surface area contributed by atoms with Gasteiger partial charge in [0.25, 0.3) is 0 Å². The monoisotopic (exact) mass is 389 g/mol. The van der Waals surface area contributed by atoms with Crippen molar-refractivity contribution in [3.63, 3.8) is 0 Å². The van der Waals surface area contributed by atoms with Gasteiger partial charge < -0.3 is 14.4 Å². The molecular weight excluding hydrogens is 370 g/mol. The summed E-state index contributed by atoms with van der Waals surface area (Å²) >= 11 is 3.50. The summed E-state index contributed by atoms with van der Waals surface area (Å²) in [6.45, 7) is 0.765. The molecule has 0 atom stereocenters. The number of amides is 1. The summed E-state index contributed by atoms with van der Waals surface area (Å²) in [6, 6.07) is 11.7. The van der Waals surface area contributed by atoms with Crippen LogP contribution in [0.3, 0.4) is 0 Å². The highest BCUT2D eigenvalue weighted by Crippen LogP contribution is 2.31. The fraction of sp³-hybridized carbons (Fsp3) is 0.316. The molecule has 4 nitrogen and oxygen atoms in total. The van der Waals surface area contributed by atoms with Crippen LogP contribution in [-0.4, -0.2) is 26.7 Å². The average Bonchev–Trinajstić information content (AvgIpc) is 2.60. The predicted octanol–water partition coefficient (Wildman–Crippen LogP) is 3.99. The van der Waals surface area contributed by atoms with Crippen molar-refractivity contribution in [1.29, 1.82) is 0 Å². The summed E-state index contributed by atoms with van der Waals surface area (Å²) < 4.78 is 11.6. The molecule has 0 saturated heterocycles. The van der Waals surface area contributed by atoms with Gasteiger partial charge >= 0.3 is 0 Å². The van der Waals surface area contributed by atoms with Gasteiger partial charge in [0.2, 0.25) is 5.91 Å². The predicted molar refractivity (Wildman–Crippen MR) is 98.1 cm³/mol. The minimum Gasteiger partial charge on any atom is -0.493 e. The highest BCUT2D eigenvalue weighted by atomic mass is 79.9. The zero-order chi connectivity index (χ0) is 17.1. The molecule has 0 spiro atoms. The van der Waals surface area contributed by atoms with Crippen LogP contribution in [0.4, 0.5) is 5.69 Å². The number of fused-ring (bicyclic) bond motifs is 1. The molecule has 0 fully saturated rings. The molecule has 126 valence electrons. The lowest BCUT2D eigenvalue weighted by Gasteiger charge is -2.30. The normalized spacial score (nSPS) is 13.4. The quantitative estimate of drug-likeness (QED) is 0.793. The van der Waals surface area contributed by atoms with Gasteiger partial charge in [-0.15, -0.1) is 0 Å². The number of methoxy groups -OCH3 is 2. The molecule has 0 bridgehead atoms. The Morgan fingerprint density at radius 3 is 2.67 bits per heavy atom. The van der Waals surface area contributed by atoms with Crippen LogP contribution >= 0.6 is 15.9 Å². The van der Waals surface area contributed by atoms with E-state index in [1.807, 2.05) is 35.2 Å². The lowest BCUT2D eigenvalue weighted by Crippen LogP contribution is -2.36. The van der Waals surface area contributed by atoms with Gasteiger partial charge in [0.05, 0.1) is 20.6 Å². The topological polar surface area (TPSA) is 38.8 Å². The van der Waals surface area contributed by atoms with Crippen molar-refractivity contribution in [1.82, 2.24) is 0 Å². The van der Waals surface area contributed by atoms with E-state index < -0.39 is 0 Å². The van der Waals surface area contributed by atoms with E-state index >= 15 is 0 Å². The number of ether oxygens (including phenoxy) is 2. The minimum atomic E-state index is 0.102. The molecule has 0 radical (unpaired) electrons. The first kappa shape index (κ1) is 16.8. The van der Waals surface area contributed by atoms with Crippen molar-refractivity contribution in [2.75, 3.05) is 25.7 Å². The van der Waals surface area contributed by atoms with E-state index in [9.17, 15) is 4.79 Å². The number of hydrogen-bond acceptors (Lipinski definition) is 3. The van der Waals surface area contributed by atoms with Gasteiger partial charge in [0, 0.05) is 16.7 Å². The lowest BCUT2D eigenvalue weighted by molar-refractivity contribution is -0.118. The summed E-state index contributed by atoms with van der Waals surface area (Å²) in [5, 5.41) is 0. The van der Waals surface area contributed by atoms with Crippen LogP contribution in [0.25, 0.3) is 0 Å². The summed E-state index contributed by atoms with van der Waals surface area (Å²) in [5.74, 6) is 1.41. The number of carbonyl (C=O) groups excluding carboxylic acids is 1. The van der Waals surface area contributed by atoms with Crippen molar-refractivity contribution < 1.29 is 14.3 Å². The third-order valence-corrected chi connectivity index (χ3v) is 4.76. The Labute approximate surface area is 150 Å². The third kappa shape index (κ3) is 3.41. The van der Waals surface area contributed by atoms with Crippen LogP contribution in [0.2, 0.25) is 0 Å². The Kier molecular flexibility index (Phi) is 5.09. The van der Waals surface area contributed by atoms with Gasteiger partial charge in [-0.05, 0) is 54.3 Å². The number of nitrogens with zero attached hydrogens (tertiary/aromatic N) is 1. The Bertz CT molecular complexity index is 760. The van der Waals surface area contributed by atoms with Gasteiger partial charge in [-0.2, -0.15) is 0 Å². The van der Waals surface area contributed by atoms with E-state index in [0.717, 1.165) is 35.1 Å². The van der Waals surface area contributed by atoms with Crippen LogP contribution in [0.1, 0.15) is 17.5 Å². The number of aryl methyl sites for hydroxylation is 1. The minimum absolute atomic E-state index is 0.102. The highest BCUT2D eigenvalue weighted by Gasteiger charge is 2.23. The maximum Gasteiger partial charge on any atom is 0.231 e. The molecule has 1 amide bonds. The Morgan fingerprint density at radius 1 is 1.12 bits per heavy atom. The van der Waals surface area contributed by atoms with Crippen molar-refractivity contribution in [3.05, 3.63) is 52.0 Å². The molecule has 2 aromatic rings. The Balaban J connectivity index is 1.81. The lowest BCUT2D eigenvalue weighted by atomic mass is 10.0. The zero-order valence-corrected chi connectivity index (χ0v) is 15.4.